The summed E-state index contributed by atoms with van der Waals surface area (Å²) in [5, 5.41) is 2.96. The lowest BCUT2D eigenvalue weighted by molar-refractivity contribution is 0.222. The van der Waals surface area contributed by atoms with E-state index in [0.717, 1.165) is 13.1 Å². The normalized spacial score (nSPS) is 22.9. The largest absolute Gasteiger partial charge is 0.461 e. The summed E-state index contributed by atoms with van der Waals surface area (Å²) in [4.78, 5) is 15.3. The van der Waals surface area contributed by atoms with Gasteiger partial charge in [0.1, 0.15) is 0 Å². The lowest BCUT2D eigenvalue weighted by Crippen LogP contribution is -2.23. The van der Waals surface area contributed by atoms with Crippen molar-refractivity contribution in [2.24, 2.45) is 11.8 Å². The molecule has 0 aliphatic carbocycles. The molecule has 1 aliphatic rings. The number of nitrogens with one attached hydrogen (secondary N) is 1. The monoisotopic (exact) mass is 265 g/mol. The molecule has 19 heavy (non-hydrogen) atoms. The number of aromatic nitrogens is 3. The molecule has 2 unspecified atom stereocenters. The van der Waals surface area contributed by atoms with Crippen molar-refractivity contribution < 1.29 is 4.74 Å². The van der Waals surface area contributed by atoms with Gasteiger partial charge in [-0.2, -0.15) is 15.0 Å². The molecule has 0 spiro atoms. The summed E-state index contributed by atoms with van der Waals surface area (Å²) in [5.41, 5.74) is 0. The van der Waals surface area contributed by atoms with Crippen LogP contribution in [0.3, 0.4) is 0 Å². The molecule has 2 heterocycles. The lowest BCUT2D eigenvalue weighted by Gasteiger charge is -2.17. The highest BCUT2D eigenvalue weighted by Gasteiger charge is 2.28. The zero-order valence-corrected chi connectivity index (χ0v) is 12.3. The SMILES string of the molecule is CNc1nc(OC(C)C)nc(N2CC(C)C(C)C2)n1. The topological polar surface area (TPSA) is 63.2 Å². The Labute approximate surface area is 114 Å². The summed E-state index contributed by atoms with van der Waals surface area (Å²) in [6.45, 7) is 10.4. The van der Waals surface area contributed by atoms with Crippen molar-refractivity contribution in [1.82, 2.24) is 15.0 Å². The molecule has 1 N–H and O–H groups in total. The average Bonchev–Trinajstić information content (AvgIpc) is 2.68. The molecule has 0 bridgehead atoms. The van der Waals surface area contributed by atoms with E-state index in [2.05, 4.69) is 39.0 Å². The number of anilines is 2. The maximum absolute atomic E-state index is 5.58. The minimum atomic E-state index is 0.0522. The van der Waals surface area contributed by atoms with E-state index < -0.39 is 0 Å². The predicted octanol–water partition coefficient (Wildman–Crippen LogP) is 1.79. The van der Waals surface area contributed by atoms with Crippen LogP contribution in [-0.4, -0.2) is 41.2 Å². The van der Waals surface area contributed by atoms with Gasteiger partial charge in [-0.1, -0.05) is 13.8 Å². The number of hydrogen-bond donors (Lipinski definition) is 1. The van der Waals surface area contributed by atoms with Crippen LogP contribution < -0.4 is 15.0 Å². The van der Waals surface area contributed by atoms with E-state index in [-0.39, 0.29) is 6.10 Å². The molecule has 0 saturated carbocycles. The Bertz CT molecular complexity index is 427. The second-order valence-corrected chi connectivity index (χ2v) is 5.52. The van der Waals surface area contributed by atoms with Crippen LogP contribution in [0.15, 0.2) is 0 Å². The van der Waals surface area contributed by atoms with E-state index in [4.69, 9.17) is 4.74 Å². The van der Waals surface area contributed by atoms with Gasteiger partial charge in [0, 0.05) is 20.1 Å². The molecule has 0 radical (unpaired) electrons. The summed E-state index contributed by atoms with van der Waals surface area (Å²) in [5.74, 6) is 2.56. The molecule has 1 aromatic heterocycles. The summed E-state index contributed by atoms with van der Waals surface area (Å²) in [6.07, 6.45) is 0.0522. The quantitative estimate of drug-likeness (QED) is 0.895. The highest BCUT2D eigenvalue weighted by molar-refractivity contribution is 5.39. The zero-order valence-electron chi connectivity index (χ0n) is 12.3. The van der Waals surface area contributed by atoms with E-state index in [9.17, 15) is 0 Å². The molecule has 0 amide bonds. The van der Waals surface area contributed by atoms with E-state index >= 15 is 0 Å². The molecular formula is C13H23N5O. The predicted molar refractivity (Wildman–Crippen MR) is 75.7 cm³/mol. The van der Waals surface area contributed by atoms with Gasteiger partial charge in [-0.05, 0) is 25.7 Å². The fourth-order valence-corrected chi connectivity index (χ4v) is 2.16. The molecule has 1 fully saturated rings. The molecule has 1 aliphatic heterocycles. The van der Waals surface area contributed by atoms with Gasteiger partial charge in [-0.25, -0.2) is 0 Å². The van der Waals surface area contributed by atoms with Gasteiger partial charge >= 0.3 is 6.01 Å². The Balaban J connectivity index is 2.24. The van der Waals surface area contributed by atoms with Gasteiger partial charge in [-0.3, -0.25) is 0 Å². The van der Waals surface area contributed by atoms with Crippen LogP contribution in [0.2, 0.25) is 0 Å². The van der Waals surface area contributed by atoms with Gasteiger partial charge in [0.25, 0.3) is 0 Å². The first kappa shape index (κ1) is 13.8. The number of hydrogen-bond acceptors (Lipinski definition) is 6. The molecule has 1 aromatic rings. The van der Waals surface area contributed by atoms with Crippen LogP contribution in [-0.2, 0) is 0 Å². The van der Waals surface area contributed by atoms with Crippen molar-refractivity contribution in [1.29, 1.82) is 0 Å². The van der Waals surface area contributed by atoms with Crippen LogP contribution in [0, 0.1) is 11.8 Å². The van der Waals surface area contributed by atoms with Crippen molar-refractivity contribution in [2.75, 3.05) is 30.4 Å². The zero-order chi connectivity index (χ0) is 14.0. The third kappa shape index (κ3) is 3.24. The van der Waals surface area contributed by atoms with E-state index in [1.54, 1.807) is 7.05 Å². The molecule has 0 aromatic carbocycles. The fourth-order valence-electron chi connectivity index (χ4n) is 2.16. The molecule has 2 atom stereocenters. The number of rotatable bonds is 4. The first-order valence-electron chi connectivity index (χ1n) is 6.85. The summed E-state index contributed by atoms with van der Waals surface area (Å²) in [6, 6.07) is 0.386. The number of nitrogens with zero attached hydrogens (tertiary/aromatic N) is 4. The van der Waals surface area contributed by atoms with E-state index in [0.29, 0.717) is 29.7 Å². The summed E-state index contributed by atoms with van der Waals surface area (Å²) >= 11 is 0. The van der Waals surface area contributed by atoms with Gasteiger partial charge < -0.3 is 15.0 Å². The van der Waals surface area contributed by atoms with Crippen molar-refractivity contribution in [3.05, 3.63) is 0 Å². The third-order valence-corrected chi connectivity index (χ3v) is 3.44. The van der Waals surface area contributed by atoms with Crippen molar-refractivity contribution in [3.8, 4) is 6.01 Å². The Morgan fingerprint density at radius 2 is 1.79 bits per heavy atom. The van der Waals surface area contributed by atoms with Crippen LogP contribution in [0.1, 0.15) is 27.7 Å². The Hall–Kier alpha value is -1.59. The molecular weight excluding hydrogens is 242 g/mol. The fraction of sp³-hybridized carbons (Fsp3) is 0.769. The lowest BCUT2D eigenvalue weighted by atomic mass is 10.0. The van der Waals surface area contributed by atoms with Gasteiger partial charge in [0.2, 0.25) is 11.9 Å². The van der Waals surface area contributed by atoms with Crippen LogP contribution in [0.4, 0.5) is 11.9 Å². The Kier molecular flexibility index (Phi) is 4.07. The standard InChI is InChI=1S/C13H23N5O/c1-8(2)19-13-16-11(14-5)15-12(17-13)18-6-9(3)10(4)7-18/h8-10H,6-7H2,1-5H3,(H,14,15,16,17). The van der Waals surface area contributed by atoms with Crippen molar-refractivity contribution in [3.63, 3.8) is 0 Å². The van der Waals surface area contributed by atoms with Crippen LogP contribution >= 0.6 is 0 Å². The third-order valence-electron chi connectivity index (χ3n) is 3.44. The molecule has 6 heteroatoms. The van der Waals surface area contributed by atoms with Gasteiger partial charge in [0.05, 0.1) is 6.10 Å². The average molecular weight is 265 g/mol. The first-order chi connectivity index (χ1) is 8.99. The van der Waals surface area contributed by atoms with Crippen LogP contribution in [0.5, 0.6) is 6.01 Å². The van der Waals surface area contributed by atoms with E-state index in [1.807, 2.05) is 13.8 Å². The van der Waals surface area contributed by atoms with Crippen molar-refractivity contribution in [2.45, 2.75) is 33.8 Å². The molecule has 106 valence electrons. The van der Waals surface area contributed by atoms with Crippen LogP contribution in [0.25, 0.3) is 0 Å². The molecule has 6 nitrogen and oxygen atoms in total. The second-order valence-electron chi connectivity index (χ2n) is 5.52. The Morgan fingerprint density at radius 3 is 2.32 bits per heavy atom. The minimum absolute atomic E-state index is 0.0522. The number of ether oxygens (including phenoxy) is 1. The summed E-state index contributed by atoms with van der Waals surface area (Å²) < 4.78 is 5.58. The van der Waals surface area contributed by atoms with E-state index in [1.165, 1.54) is 0 Å². The summed E-state index contributed by atoms with van der Waals surface area (Å²) in [7, 11) is 1.80. The highest BCUT2D eigenvalue weighted by atomic mass is 16.5. The second kappa shape index (κ2) is 5.59. The smallest absolute Gasteiger partial charge is 0.323 e. The highest BCUT2D eigenvalue weighted by Crippen LogP contribution is 2.26. The maximum Gasteiger partial charge on any atom is 0.323 e. The Morgan fingerprint density at radius 1 is 1.16 bits per heavy atom. The maximum atomic E-state index is 5.58. The first-order valence-corrected chi connectivity index (χ1v) is 6.85. The van der Waals surface area contributed by atoms with Crippen molar-refractivity contribution >= 4 is 11.9 Å². The molecule has 1 saturated heterocycles. The van der Waals surface area contributed by atoms with Gasteiger partial charge in [-0.15, -0.1) is 0 Å². The molecule has 2 rings (SSSR count). The van der Waals surface area contributed by atoms with Gasteiger partial charge in [0.15, 0.2) is 0 Å². The minimum Gasteiger partial charge on any atom is -0.461 e.